The van der Waals surface area contributed by atoms with Gasteiger partial charge in [-0.25, -0.2) is 9.50 Å². The van der Waals surface area contributed by atoms with Gasteiger partial charge >= 0.3 is 0 Å². The van der Waals surface area contributed by atoms with Crippen LogP contribution in [0.1, 0.15) is 49.8 Å². The Morgan fingerprint density at radius 2 is 2.31 bits per heavy atom. The smallest absolute Gasteiger partial charge is 0.276 e. The van der Waals surface area contributed by atoms with Crippen molar-refractivity contribution in [1.29, 1.82) is 5.26 Å². The molecule has 1 unspecified atom stereocenters. The summed E-state index contributed by atoms with van der Waals surface area (Å²) in [5.41, 5.74) is 2.47. The molecule has 8 nitrogen and oxygen atoms in total. The second kappa shape index (κ2) is 6.42. The van der Waals surface area contributed by atoms with Gasteiger partial charge in [-0.15, -0.1) is 0 Å². The third-order valence-corrected chi connectivity index (χ3v) is 4.78. The molecule has 1 N–H and O–H groups in total. The van der Waals surface area contributed by atoms with Gasteiger partial charge in [-0.3, -0.25) is 14.6 Å². The van der Waals surface area contributed by atoms with Crippen LogP contribution in [0.4, 0.5) is 0 Å². The van der Waals surface area contributed by atoms with Crippen LogP contribution in [-0.2, 0) is 4.74 Å². The number of nitrogens with zero attached hydrogens (tertiary/aromatic N) is 5. The summed E-state index contributed by atoms with van der Waals surface area (Å²) >= 11 is 0. The monoisotopic (exact) mass is 352 g/mol. The topological polar surface area (TPSA) is 101 Å². The minimum Gasteiger partial charge on any atom is -0.379 e. The Balaban J connectivity index is 1.87. The molecule has 0 saturated carbocycles. The van der Waals surface area contributed by atoms with E-state index < -0.39 is 0 Å². The van der Waals surface area contributed by atoms with E-state index in [0.29, 0.717) is 29.1 Å². The van der Waals surface area contributed by atoms with Crippen molar-refractivity contribution in [2.24, 2.45) is 0 Å². The predicted molar refractivity (Wildman–Crippen MR) is 94.9 cm³/mol. The Kier molecular flexibility index (Phi) is 4.09. The molecular weight excluding hydrogens is 332 g/mol. The van der Waals surface area contributed by atoms with Gasteiger partial charge < -0.3 is 4.74 Å². The second-order valence-corrected chi connectivity index (χ2v) is 6.87. The second-order valence-electron chi connectivity index (χ2n) is 6.87. The summed E-state index contributed by atoms with van der Waals surface area (Å²) in [7, 11) is 0. The average Bonchev–Trinajstić information content (AvgIpc) is 3.29. The normalized spacial score (nSPS) is 17.7. The Morgan fingerprint density at radius 3 is 3.00 bits per heavy atom. The minimum absolute atomic E-state index is 0.0166. The van der Waals surface area contributed by atoms with Gasteiger partial charge in [-0.2, -0.15) is 10.4 Å². The zero-order chi connectivity index (χ0) is 18.3. The third-order valence-electron chi connectivity index (χ3n) is 4.78. The number of hydrogen-bond acceptors (Lipinski definition) is 5. The lowest BCUT2D eigenvalue weighted by atomic mass is 10.00. The van der Waals surface area contributed by atoms with Gasteiger partial charge in [0, 0.05) is 30.1 Å². The van der Waals surface area contributed by atoms with Crippen LogP contribution in [0.25, 0.3) is 16.9 Å². The van der Waals surface area contributed by atoms with Crippen LogP contribution in [0.15, 0.2) is 23.4 Å². The van der Waals surface area contributed by atoms with Crippen LogP contribution in [0.3, 0.4) is 0 Å². The zero-order valence-electron chi connectivity index (χ0n) is 14.8. The highest BCUT2D eigenvalue weighted by atomic mass is 16.5. The molecule has 1 aliphatic rings. The summed E-state index contributed by atoms with van der Waals surface area (Å²) < 4.78 is 8.76. The molecule has 26 heavy (non-hydrogen) atoms. The van der Waals surface area contributed by atoms with Crippen LogP contribution in [0.5, 0.6) is 0 Å². The molecule has 0 aromatic carbocycles. The van der Waals surface area contributed by atoms with Gasteiger partial charge in [0.25, 0.3) is 5.56 Å². The fourth-order valence-electron chi connectivity index (χ4n) is 3.44. The Bertz CT molecular complexity index is 1050. The van der Waals surface area contributed by atoms with Crippen LogP contribution >= 0.6 is 0 Å². The number of nitrogens with one attached hydrogen (secondary N) is 1. The summed E-state index contributed by atoms with van der Waals surface area (Å²) in [6, 6.07) is 2.27. The van der Waals surface area contributed by atoms with E-state index in [9.17, 15) is 10.1 Å². The van der Waals surface area contributed by atoms with E-state index in [1.807, 2.05) is 24.7 Å². The van der Waals surface area contributed by atoms with Crippen LogP contribution < -0.4 is 5.56 Å². The molecule has 0 amide bonds. The van der Waals surface area contributed by atoms with Crippen molar-refractivity contribution < 1.29 is 4.74 Å². The summed E-state index contributed by atoms with van der Waals surface area (Å²) in [4.78, 5) is 17.6. The molecule has 4 rings (SSSR count). The van der Waals surface area contributed by atoms with Gasteiger partial charge in [-0.05, 0) is 18.8 Å². The molecule has 8 heteroatoms. The first-order chi connectivity index (χ1) is 12.6. The highest BCUT2D eigenvalue weighted by Crippen LogP contribution is 2.27. The number of aromatic nitrogens is 5. The van der Waals surface area contributed by atoms with Crippen LogP contribution in [0, 0.1) is 11.3 Å². The van der Waals surface area contributed by atoms with Crippen molar-refractivity contribution in [3.8, 4) is 17.3 Å². The van der Waals surface area contributed by atoms with E-state index in [1.165, 1.54) is 10.7 Å². The molecule has 0 radical (unpaired) electrons. The quantitative estimate of drug-likeness (QED) is 0.779. The first-order valence-corrected chi connectivity index (χ1v) is 8.76. The third kappa shape index (κ3) is 2.61. The average molecular weight is 352 g/mol. The van der Waals surface area contributed by atoms with Gasteiger partial charge in [0.15, 0.2) is 5.65 Å². The van der Waals surface area contributed by atoms with E-state index in [4.69, 9.17) is 4.74 Å². The van der Waals surface area contributed by atoms with E-state index in [0.717, 1.165) is 25.0 Å². The van der Waals surface area contributed by atoms with Crippen molar-refractivity contribution in [3.63, 3.8) is 0 Å². The maximum absolute atomic E-state index is 12.9. The molecule has 0 aliphatic carbocycles. The highest BCUT2D eigenvalue weighted by Gasteiger charge is 2.22. The lowest BCUT2D eigenvalue weighted by molar-refractivity contribution is 0.0549. The predicted octanol–water partition coefficient (Wildman–Crippen LogP) is 2.23. The molecular formula is C18H20N6O2. The summed E-state index contributed by atoms with van der Waals surface area (Å²) in [6.07, 6.45) is 7.18. The molecule has 134 valence electrons. The lowest BCUT2D eigenvalue weighted by Crippen LogP contribution is -2.22. The van der Waals surface area contributed by atoms with Crippen molar-refractivity contribution in [2.75, 3.05) is 13.2 Å². The molecule has 0 spiro atoms. The number of fused-ring (bicyclic) bond motifs is 1. The Morgan fingerprint density at radius 1 is 1.46 bits per heavy atom. The minimum atomic E-state index is -0.185. The van der Waals surface area contributed by atoms with Crippen molar-refractivity contribution in [2.45, 2.75) is 38.6 Å². The molecule has 3 aromatic rings. The van der Waals surface area contributed by atoms with Gasteiger partial charge in [0.05, 0.1) is 24.5 Å². The maximum Gasteiger partial charge on any atom is 0.276 e. The molecule has 1 atom stereocenters. The molecule has 1 aliphatic heterocycles. The standard InChI is InChI=1S/C18H20N6O2/c1-11(2)15-16(22-17-12(6-19)7-21-24(17)18(15)25)13-8-20-23(9-13)14-4-3-5-26-10-14/h7-9,11,14,21H,3-5,10H2,1-2H3. The molecule has 1 fully saturated rings. The van der Waals surface area contributed by atoms with E-state index >= 15 is 0 Å². The summed E-state index contributed by atoms with van der Waals surface area (Å²) in [5, 5.41) is 16.6. The number of rotatable bonds is 3. The van der Waals surface area contributed by atoms with E-state index in [-0.39, 0.29) is 17.5 Å². The van der Waals surface area contributed by atoms with Gasteiger partial charge in [0.2, 0.25) is 0 Å². The van der Waals surface area contributed by atoms with E-state index in [1.54, 1.807) is 6.20 Å². The zero-order valence-corrected chi connectivity index (χ0v) is 14.8. The number of ether oxygens (including phenoxy) is 1. The number of aromatic amines is 1. The van der Waals surface area contributed by atoms with E-state index in [2.05, 4.69) is 21.3 Å². The Labute approximate surface area is 150 Å². The summed E-state index contributed by atoms with van der Waals surface area (Å²) in [5.74, 6) is -0.0166. The van der Waals surface area contributed by atoms with Crippen molar-refractivity contribution in [1.82, 2.24) is 24.4 Å². The molecule has 4 heterocycles. The van der Waals surface area contributed by atoms with Gasteiger partial charge in [-0.1, -0.05) is 13.8 Å². The molecule has 1 saturated heterocycles. The SMILES string of the molecule is CC(C)c1c(-c2cnn(C3CCCOC3)c2)nc2c(C#N)c[nH]n2c1=O. The molecule has 3 aromatic heterocycles. The number of nitriles is 1. The molecule has 0 bridgehead atoms. The van der Waals surface area contributed by atoms with Crippen molar-refractivity contribution >= 4 is 5.65 Å². The first-order valence-electron chi connectivity index (χ1n) is 8.76. The number of H-pyrrole nitrogens is 1. The summed E-state index contributed by atoms with van der Waals surface area (Å²) in [6.45, 7) is 5.36. The first kappa shape index (κ1) is 16.5. The fourth-order valence-corrected chi connectivity index (χ4v) is 3.44. The van der Waals surface area contributed by atoms with Crippen LogP contribution in [-0.4, -0.2) is 37.6 Å². The fraction of sp³-hybridized carbons (Fsp3) is 0.444. The van der Waals surface area contributed by atoms with Gasteiger partial charge in [0.1, 0.15) is 11.6 Å². The highest BCUT2D eigenvalue weighted by molar-refractivity contribution is 5.67. The maximum atomic E-state index is 12.9. The van der Waals surface area contributed by atoms with Crippen molar-refractivity contribution in [3.05, 3.63) is 40.1 Å². The number of hydrogen-bond donors (Lipinski definition) is 1. The lowest BCUT2D eigenvalue weighted by Gasteiger charge is -2.22. The Hall–Kier alpha value is -2.92. The largest absolute Gasteiger partial charge is 0.379 e. The van der Waals surface area contributed by atoms with Crippen LogP contribution in [0.2, 0.25) is 0 Å².